The molecule has 0 bridgehead atoms. The van der Waals surface area contributed by atoms with Gasteiger partial charge in [0.05, 0.1) is 0 Å². The second-order valence-electron chi connectivity index (χ2n) is 3.69. The second-order valence-corrected chi connectivity index (χ2v) is 3.69. The molecule has 1 heterocycles. The molecule has 1 aromatic rings. The van der Waals surface area contributed by atoms with Gasteiger partial charge in [-0.2, -0.15) is 0 Å². The molecule has 0 radical (unpaired) electrons. The average Bonchev–Trinajstić information content (AvgIpc) is 2.72. The molecule has 0 N–H and O–H groups in total. The predicted octanol–water partition coefficient (Wildman–Crippen LogP) is 1.60. The van der Waals surface area contributed by atoms with Crippen molar-refractivity contribution in [3.05, 3.63) is 29.8 Å². The zero-order chi connectivity index (χ0) is 11.5. The Bertz CT molecular complexity index is 440. The van der Waals surface area contributed by atoms with E-state index in [-0.39, 0.29) is 5.91 Å². The Hall–Kier alpha value is -1.84. The van der Waals surface area contributed by atoms with Gasteiger partial charge in [0.25, 0.3) is 5.91 Å². The van der Waals surface area contributed by atoms with Crippen LogP contribution in [0.25, 0.3) is 0 Å². The maximum atomic E-state index is 12.0. The van der Waals surface area contributed by atoms with Gasteiger partial charge in [0.2, 0.25) is 0 Å². The third-order valence-corrected chi connectivity index (χ3v) is 2.67. The van der Waals surface area contributed by atoms with E-state index in [1.165, 1.54) is 12.7 Å². The first kappa shape index (κ1) is 10.7. The highest BCUT2D eigenvalue weighted by molar-refractivity contribution is 6.43. The quantitative estimate of drug-likeness (QED) is 0.559. The van der Waals surface area contributed by atoms with Gasteiger partial charge in [-0.05, 0) is 25.0 Å². The molecule has 1 amide bonds. The van der Waals surface area contributed by atoms with Gasteiger partial charge in [-0.1, -0.05) is 23.4 Å². The van der Waals surface area contributed by atoms with Crippen LogP contribution < -0.4 is 4.90 Å². The van der Waals surface area contributed by atoms with Gasteiger partial charge >= 0.3 is 0 Å². The molecule has 2 rings (SSSR count). The van der Waals surface area contributed by atoms with Gasteiger partial charge in [-0.3, -0.25) is 4.79 Å². The van der Waals surface area contributed by atoms with Gasteiger partial charge < -0.3 is 9.74 Å². The normalized spacial score (nSPS) is 14.9. The molecular formula is C12H14N2O2. The molecule has 4 nitrogen and oxygen atoms in total. The number of nitrogens with zero attached hydrogens (tertiary/aromatic N) is 2. The van der Waals surface area contributed by atoms with E-state index >= 15 is 0 Å². The minimum absolute atomic E-state index is 0.0909. The van der Waals surface area contributed by atoms with Crippen LogP contribution in [-0.2, 0) is 16.1 Å². The second kappa shape index (κ2) is 4.35. The maximum Gasteiger partial charge on any atom is 0.275 e. The highest BCUT2D eigenvalue weighted by Gasteiger charge is 2.25. The zero-order valence-electron chi connectivity index (χ0n) is 9.43. The van der Waals surface area contributed by atoms with E-state index in [0.717, 1.165) is 18.7 Å². The summed E-state index contributed by atoms with van der Waals surface area (Å²) < 4.78 is 0. The lowest BCUT2D eigenvalue weighted by Crippen LogP contribution is -2.34. The molecule has 0 saturated carbocycles. The highest BCUT2D eigenvalue weighted by atomic mass is 16.6. The van der Waals surface area contributed by atoms with Crippen LogP contribution >= 0.6 is 0 Å². The summed E-state index contributed by atoms with van der Waals surface area (Å²) in [7, 11) is 1.44. The Morgan fingerprint density at radius 2 is 2.19 bits per heavy atom. The van der Waals surface area contributed by atoms with E-state index < -0.39 is 0 Å². The van der Waals surface area contributed by atoms with Gasteiger partial charge in [0.15, 0.2) is 0 Å². The van der Waals surface area contributed by atoms with Crippen molar-refractivity contribution in [1.29, 1.82) is 0 Å². The molecule has 0 unspecified atom stereocenters. The molecule has 0 saturated heterocycles. The third kappa shape index (κ3) is 1.78. The number of carbonyl (C=O) groups is 1. The molecular weight excluding hydrogens is 204 g/mol. The van der Waals surface area contributed by atoms with E-state index in [2.05, 4.69) is 9.99 Å². The molecule has 84 valence electrons. The number of benzene rings is 1. The fourth-order valence-electron chi connectivity index (χ4n) is 1.92. The first-order valence-corrected chi connectivity index (χ1v) is 5.21. The van der Waals surface area contributed by atoms with Crippen LogP contribution in [0.4, 0.5) is 5.69 Å². The highest BCUT2D eigenvalue weighted by Crippen LogP contribution is 2.27. The molecule has 4 heteroatoms. The number of amides is 1. The lowest BCUT2D eigenvalue weighted by molar-refractivity contribution is -0.112. The topological polar surface area (TPSA) is 41.9 Å². The summed E-state index contributed by atoms with van der Waals surface area (Å²) >= 11 is 0. The number of carbonyl (C=O) groups excluding carboxylic acids is 1. The summed E-state index contributed by atoms with van der Waals surface area (Å²) in [6.45, 7) is 2.38. The minimum atomic E-state index is -0.0909. The number of para-hydroxylation sites is 1. The fraction of sp³-hybridized carbons (Fsp3) is 0.333. The average molecular weight is 218 g/mol. The van der Waals surface area contributed by atoms with E-state index in [1.54, 1.807) is 11.8 Å². The molecule has 1 aromatic carbocycles. The Kier molecular flexibility index (Phi) is 2.90. The monoisotopic (exact) mass is 218 g/mol. The van der Waals surface area contributed by atoms with Crippen molar-refractivity contribution in [3.63, 3.8) is 0 Å². The SMILES string of the molecule is CO/N=C(\C)C(=O)N1CCc2ccccc21. The van der Waals surface area contributed by atoms with Crippen molar-refractivity contribution >= 4 is 17.3 Å². The maximum absolute atomic E-state index is 12.0. The molecule has 0 fully saturated rings. The van der Waals surface area contributed by atoms with Crippen molar-refractivity contribution in [2.45, 2.75) is 13.3 Å². The minimum Gasteiger partial charge on any atom is -0.399 e. The van der Waals surface area contributed by atoms with E-state index in [1.807, 2.05) is 24.3 Å². The van der Waals surface area contributed by atoms with E-state index in [4.69, 9.17) is 0 Å². The Balaban J connectivity index is 2.26. The summed E-state index contributed by atoms with van der Waals surface area (Å²) in [5.74, 6) is -0.0909. The number of oxime groups is 1. The van der Waals surface area contributed by atoms with Crippen molar-refractivity contribution in [2.24, 2.45) is 5.16 Å². The van der Waals surface area contributed by atoms with Crippen molar-refractivity contribution in [1.82, 2.24) is 0 Å². The lowest BCUT2D eigenvalue weighted by Gasteiger charge is -2.16. The molecule has 1 aliphatic rings. The van der Waals surface area contributed by atoms with Crippen LogP contribution in [0, 0.1) is 0 Å². The molecule has 0 aromatic heterocycles. The van der Waals surface area contributed by atoms with Crippen molar-refractivity contribution < 1.29 is 9.63 Å². The lowest BCUT2D eigenvalue weighted by atomic mass is 10.2. The number of anilines is 1. The van der Waals surface area contributed by atoms with Gasteiger partial charge in [-0.15, -0.1) is 0 Å². The Morgan fingerprint density at radius 3 is 2.94 bits per heavy atom. The largest absolute Gasteiger partial charge is 0.399 e. The number of hydrogen-bond donors (Lipinski definition) is 0. The van der Waals surface area contributed by atoms with Crippen LogP contribution in [0.3, 0.4) is 0 Å². The van der Waals surface area contributed by atoms with Crippen LogP contribution in [0.5, 0.6) is 0 Å². The smallest absolute Gasteiger partial charge is 0.275 e. The third-order valence-electron chi connectivity index (χ3n) is 2.67. The molecule has 1 aliphatic heterocycles. The first-order valence-electron chi connectivity index (χ1n) is 5.21. The molecule has 16 heavy (non-hydrogen) atoms. The van der Waals surface area contributed by atoms with Crippen LogP contribution in [0.1, 0.15) is 12.5 Å². The van der Waals surface area contributed by atoms with Crippen molar-refractivity contribution in [2.75, 3.05) is 18.6 Å². The summed E-state index contributed by atoms with van der Waals surface area (Å²) in [6.07, 6.45) is 0.905. The van der Waals surface area contributed by atoms with Crippen LogP contribution in [-0.4, -0.2) is 25.3 Å². The Morgan fingerprint density at radius 1 is 1.44 bits per heavy atom. The van der Waals surface area contributed by atoms with Gasteiger partial charge in [0.1, 0.15) is 12.8 Å². The van der Waals surface area contributed by atoms with E-state index in [9.17, 15) is 4.79 Å². The summed E-state index contributed by atoms with van der Waals surface area (Å²) in [6, 6.07) is 7.93. The van der Waals surface area contributed by atoms with Crippen LogP contribution in [0.15, 0.2) is 29.4 Å². The number of hydrogen-bond acceptors (Lipinski definition) is 3. The molecule has 0 atom stereocenters. The fourth-order valence-corrected chi connectivity index (χ4v) is 1.92. The summed E-state index contributed by atoms with van der Waals surface area (Å²) in [5.41, 5.74) is 2.57. The summed E-state index contributed by atoms with van der Waals surface area (Å²) in [4.78, 5) is 18.4. The predicted molar refractivity (Wildman–Crippen MR) is 62.6 cm³/mol. The zero-order valence-corrected chi connectivity index (χ0v) is 9.43. The van der Waals surface area contributed by atoms with Crippen molar-refractivity contribution in [3.8, 4) is 0 Å². The number of fused-ring (bicyclic) bond motifs is 1. The summed E-state index contributed by atoms with van der Waals surface area (Å²) in [5, 5.41) is 3.67. The molecule has 0 aliphatic carbocycles. The van der Waals surface area contributed by atoms with Gasteiger partial charge in [-0.25, -0.2) is 0 Å². The number of rotatable bonds is 2. The first-order chi connectivity index (χ1) is 7.74. The van der Waals surface area contributed by atoms with Crippen LogP contribution in [0.2, 0.25) is 0 Å². The van der Waals surface area contributed by atoms with Gasteiger partial charge in [0, 0.05) is 12.2 Å². The Labute approximate surface area is 94.5 Å². The molecule has 0 spiro atoms. The van der Waals surface area contributed by atoms with E-state index in [0.29, 0.717) is 5.71 Å². The standard InChI is InChI=1S/C12H14N2O2/c1-9(13-16-2)12(15)14-8-7-10-5-3-4-6-11(10)14/h3-6H,7-8H2,1-2H3/b13-9+.